The lowest BCUT2D eigenvalue weighted by atomic mass is 10.3. The summed E-state index contributed by atoms with van der Waals surface area (Å²) in [5.74, 6) is 0.546. The molecule has 3 N–H and O–H groups in total. The fraction of sp³-hybridized carbons (Fsp3) is 0.0625. The highest BCUT2D eigenvalue weighted by atomic mass is 35.5. The van der Waals surface area contributed by atoms with E-state index in [9.17, 15) is 4.79 Å². The fourth-order valence-corrected chi connectivity index (χ4v) is 2.86. The van der Waals surface area contributed by atoms with Gasteiger partial charge < -0.3 is 15.8 Å². The molecule has 122 valence electrons. The first-order valence-corrected chi connectivity index (χ1v) is 8.17. The summed E-state index contributed by atoms with van der Waals surface area (Å²) < 4.78 is 6.22. The minimum atomic E-state index is -0.594. The standard InChI is InChI=1S/C16H13ClN4O2S/c17-16-21-9-13(24-16)8-20-10-1-3-11(4-2-10)23-12-5-6-19-14(7-12)15(18)22/h1-7,9,20H,8H2,(H2,18,22). The molecule has 0 unspecified atom stereocenters. The summed E-state index contributed by atoms with van der Waals surface area (Å²) in [6.45, 7) is 0.650. The van der Waals surface area contributed by atoms with Crippen LogP contribution < -0.4 is 15.8 Å². The molecular formula is C16H13ClN4O2S. The zero-order valence-electron chi connectivity index (χ0n) is 12.4. The molecule has 0 fully saturated rings. The smallest absolute Gasteiger partial charge is 0.267 e. The first kappa shape index (κ1) is 16.2. The van der Waals surface area contributed by atoms with E-state index in [0.29, 0.717) is 22.5 Å². The second-order valence-electron chi connectivity index (χ2n) is 4.80. The Balaban J connectivity index is 1.62. The Morgan fingerprint density at radius 3 is 2.67 bits per heavy atom. The largest absolute Gasteiger partial charge is 0.457 e. The third-order valence-corrected chi connectivity index (χ3v) is 4.18. The number of halogens is 1. The van der Waals surface area contributed by atoms with E-state index in [-0.39, 0.29) is 5.69 Å². The average Bonchev–Trinajstić information content (AvgIpc) is 3.00. The van der Waals surface area contributed by atoms with Crippen LogP contribution in [0, 0.1) is 0 Å². The summed E-state index contributed by atoms with van der Waals surface area (Å²) in [6.07, 6.45) is 3.22. The van der Waals surface area contributed by atoms with Crippen molar-refractivity contribution in [1.29, 1.82) is 0 Å². The minimum Gasteiger partial charge on any atom is -0.457 e. The number of nitrogens with zero attached hydrogens (tertiary/aromatic N) is 2. The molecule has 0 saturated carbocycles. The molecule has 3 aromatic rings. The molecule has 8 heteroatoms. The molecule has 0 atom stereocenters. The number of benzene rings is 1. The lowest BCUT2D eigenvalue weighted by Crippen LogP contribution is -2.12. The van der Waals surface area contributed by atoms with Crippen molar-refractivity contribution < 1.29 is 9.53 Å². The molecule has 1 amide bonds. The van der Waals surface area contributed by atoms with Crippen molar-refractivity contribution in [1.82, 2.24) is 9.97 Å². The molecule has 3 rings (SSSR count). The molecular weight excluding hydrogens is 348 g/mol. The molecule has 2 aromatic heterocycles. The maximum Gasteiger partial charge on any atom is 0.267 e. The first-order chi connectivity index (χ1) is 11.6. The van der Waals surface area contributed by atoms with Gasteiger partial charge in [0.1, 0.15) is 17.2 Å². The molecule has 0 aliphatic rings. The number of nitrogens with one attached hydrogen (secondary N) is 1. The number of hydrogen-bond donors (Lipinski definition) is 2. The number of rotatable bonds is 6. The van der Waals surface area contributed by atoms with Crippen LogP contribution in [0.25, 0.3) is 0 Å². The van der Waals surface area contributed by atoms with Crippen LogP contribution >= 0.6 is 22.9 Å². The van der Waals surface area contributed by atoms with Crippen molar-refractivity contribution in [2.24, 2.45) is 5.73 Å². The second kappa shape index (κ2) is 7.29. The van der Waals surface area contributed by atoms with Crippen LogP contribution in [0.1, 0.15) is 15.4 Å². The molecule has 24 heavy (non-hydrogen) atoms. The van der Waals surface area contributed by atoms with Gasteiger partial charge in [-0.25, -0.2) is 4.98 Å². The predicted octanol–water partition coefficient (Wildman–Crippen LogP) is 3.69. The number of primary amides is 1. The van der Waals surface area contributed by atoms with Gasteiger partial charge in [-0.3, -0.25) is 9.78 Å². The molecule has 0 aliphatic carbocycles. The number of amides is 1. The van der Waals surface area contributed by atoms with Crippen molar-refractivity contribution in [2.75, 3.05) is 5.32 Å². The predicted molar refractivity (Wildman–Crippen MR) is 93.7 cm³/mol. The maximum absolute atomic E-state index is 11.1. The number of carbonyl (C=O) groups is 1. The van der Waals surface area contributed by atoms with Crippen LogP contribution in [0.4, 0.5) is 5.69 Å². The van der Waals surface area contributed by atoms with Crippen LogP contribution in [-0.4, -0.2) is 15.9 Å². The van der Waals surface area contributed by atoms with Crippen LogP contribution in [-0.2, 0) is 6.54 Å². The van der Waals surface area contributed by atoms with E-state index in [1.54, 1.807) is 12.3 Å². The highest BCUT2D eigenvalue weighted by molar-refractivity contribution is 7.15. The molecule has 0 saturated heterocycles. The zero-order chi connectivity index (χ0) is 16.9. The number of anilines is 1. The lowest BCUT2D eigenvalue weighted by Gasteiger charge is -2.08. The first-order valence-electron chi connectivity index (χ1n) is 6.98. The van der Waals surface area contributed by atoms with E-state index < -0.39 is 5.91 Å². The van der Waals surface area contributed by atoms with E-state index >= 15 is 0 Å². The number of aromatic nitrogens is 2. The Morgan fingerprint density at radius 1 is 1.21 bits per heavy atom. The number of thiazole rings is 1. The molecule has 0 radical (unpaired) electrons. The van der Waals surface area contributed by atoms with Gasteiger partial charge in [0.2, 0.25) is 0 Å². The summed E-state index contributed by atoms with van der Waals surface area (Å²) >= 11 is 7.24. The Hall–Kier alpha value is -2.64. The zero-order valence-corrected chi connectivity index (χ0v) is 14.0. The van der Waals surface area contributed by atoms with E-state index in [4.69, 9.17) is 22.1 Å². The van der Waals surface area contributed by atoms with Crippen LogP contribution in [0.3, 0.4) is 0 Å². The highest BCUT2D eigenvalue weighted by Crippen LogP contribution is 2.24. The maximum atomic E-state index is 11.1. The van der Waals surface area contributed by atoms with Crippen molar-refractivity contribution in [3.63, 3.8) is 0 Å². The minimum absolute atomic E-state index is 0.161. The van der Waals surface area contributed by atoms with E-state index in [0.717, 1.165) is 10.6 Å². The fourth-order valence-electron chi connectivity index (χ4n) is 1.94. The summed E-state index contributed by atoms with van der Waals surface area (Å²) in [4.78, 5) is 20.0. The number of carbonyl (C=O) groups excluding carboxylic acids is 1. The summed E-state index contributed by atoms with van der Waals surface area (Å²) in [5, 5.41) is 3.27. The number of ether oxygens (including phenoxy) is 1. The third-order valence-electron chi connectivity index (χ3n) is 3.07. The van der Waals surface area contributed by atoms with Gasteiger partial charge in [0, 0.05) is 29.0 Å². The summed E-state index contributed by atoms with van der Waals surface area (Å²) in [6, 6.07) is 10.6. The van der Waals surface area contributed by atoms with Crippen LogP contribution in [0.5, 0.6) is 11.5 Å². The third kappa shape index (κ3) is 4.21. The second-order valence-corrected chi connectivity index (χ2v) is 6.50. The van der Waals surface area contributed by atoms with Gasteiger partial charge in [-0.05, 0) is 30.3 Å². The summed E-state index contributed by atoms with van der Waals surface area (Å²) in [7, 11) is 0. The lowest BCUT2D eigenvalue weighted by molar-refractivity contribution is 0.0995. The van der Waals surface area contributed by atoms with Gasteiger partial charge in [0.15, 0.2) is 4.47 Å². The van der Waals surface area contributed by atoms with Gasteiger partial charge in [0.05, 0.1) is 6.54 Å². The van der Waals surface area contributed by atoms with Crippen LogP contribution in [0.15, 0.2) is 48.8 Å². The van der Waals surface area contributed by atoms with Gasteiger partial charge >= 0.3 is 0 Å². The number of pyridine rings is 1. The van der Waals surface area contributed by atoms with Gasteiger partial charge in [-0.2, -0.15) is 0 Å². The molecule has 1 aromatic carbocycles. The van der Waals surface area contributed by atoms with Gasteiger partial charge in [-0.15, -0.1) is 11.3 Å². The topological polar surface area (TPSA) is 90.1 Å². The average molecular weight is 361 g/mol. The number of nitrogens with two attached hydrogens (primary N) is 1. The Morgan fingerprint density at radius 2 is 2.00 bits per heavy atom. The number of hydrogen-bond acceptors (Lipinski definition) is 6. The van der Waals surface area contributed by atoms with E-state index in [2.05, 4.69) is 15.3 Å². The molecule has 6 nitrogen and oxygen atoms in total. The normalized spacial score (nSPS) is 10.4. The Labute approximate surface area is 147 Å². The quantitative estimate of drug-likeness (QED) is 0.699. The van der Waals surface area contributed by atoms with Gasteiger partial charge in [0.25, 0.3) is 5.91 Å². The molecule has 0 aliphatic heterocycles. The van der Waals surface area contributed by atoms with Crippen LogP contribution in [0.2, 0.25) is 4.47 Å². The monoisotopic (exact) mass is 360 g/mol. The van der Waals surface area contributed by atoms with E-state index in [1.165, 1.54) is 23.6 Å². The van der Waals surface area contributed by atoms with E-state index in [1.807, 2.05) is 24.3 Å². The van der Waals surface area contributed by atoms with Crippen molar-refractivity contribution >= 4 is 34.5 Å². The Bertz CT molecular complexity index is 851. The molecule has 0 bridgehead atoms. The molecule has 0 spiro atoms. The SMILES string of the molecule is NC(=O)c1cc(Oc2ccc(NCc3cnc(Cl)s3)cc2)ccn1. The summed E-state index contributed by atoms with van der Waals surface area (Å²) in [5.41, 5.74) is 6.31. The molecule has 2 heterocycles. The Kier molecular flexibility index (Phi) is 4.93. The van der Waals surface area contributed by atoms with Gasteiger partial charge in [-0.1, -0.05) is 11.6 Å². The van der Waals surface area contributed by atoms with Crippen molar-refractivity contribution in [3.05, 3.63) is 63.8 Å². The van der Waals surface area contributed by atoms with Crippen molar-refractivity contribution in [2.45, 2.75) is 6.54 Å². The van der Waals surface area contributed by atoms with Crippen molar-refractivity contribution in [3.8, 4) is 11.5 Å². The highest BCUT2D eigenvalue weighted by Gasteiger charge is 2.05.